The van der Waals surface area contributed by atoms with E-state index in [1.54, 1.807) is 42.6 Å². The summed E-state index contributed by atoms with van der Waals surface area (Å²) in [5, 5.41) is 2.23. The maximum atomic E-state index is 14.1. The largest absolute Gasteiger partial charge is 0.338 e. The number of pyridine rings is 1. The van der Waals surface area contributed by atoms with Crippen molar-refractivity contribution in [3.63, 3.8) is 0 Å². The van der Waals surface area contributed by atoms with Crippen LogP contribution in [0, 0.1) is 0 Å². The summed E-state index contributed by atoms with van der Waals surface area (Å²) in [6, 6.07) is 15.7. The van der Waals surface area contributed by atoms with Gasteiger partial charge in [0.1, 0.15) is 6.04 Å². The number of aromatic nitrogens is 1. The molecule has 5 rings (SSSR count). The number of benzene rings is 2. The van der Waals surface area contributed by atoms with Crippen molar-refractivity contribution in [2.45, 2.75) is 62.7 Å². The molecule has 2 fully saturated rings. The van der Waals surface area contributed by atoms with Crippen LogP contribution in [0.25, 0.3) is 10.8 Å². The Morgan fingerprint density at radius 2 is 1.73 bits per heavy atom. The van der Waals surface area contributed by atoms with Gasteiger partial charge in [0.2, 0.25) is 15.9 Å². The molecule has 196 valence electrons. The Labute approximate surface area is 224 Å². The van der Waals surface area contributed by atoms with E-state index >= 15 is 0 Å². The monoisotopic (exact) mass is 540 g/mol. The molecule has 2 aromatic carbocycles. The molecule has 1 atom stereocenters. The van der Waals surface area contributed by atoms with Crippen LogP contribution in [-0.4, -0.2) is 71.2 Å². The molecule has 0 saturated carbocycles. The first-order chi connectivity index (χ1) is 17.7. The average Bonchev–Trinajstić information content (AvgIpc) is 3.28. The number of amides is 1. The molecule has 3 aromatic rings. The van der Waals surface area contributed by atoms with Gasteiger partial charge in [-0.15, -0.1) is 0 Å². The van der Waals surface area contributed by atoms with Gasteiger partial charge < -0.3 is 9.80 Å². The predicted octanol–water partition coefficient (Wildman–Crippen LogP) is 4.55. The van der Waals surface area contributed by atoms with Gasteiger partial charge in [-0.3, -0.25) is 9.78 Å². The molecule has 2 aliphatic heterocycles. The van der Waals surface area contributed by atoms with E-state index in [1.165, 1.54) is 4.31 Å². The zero-order valence-corrected chi connectivity index (χ0v) is 22.8. The first-order valence-electron chi connectivity index (χ1n) is 12.9. The van der Waals surface area contributed by atoms with E-state index < -0.39 is 16.1 Å². The fraction of sp³-hybridized carbons (Fsp3) is 0.429. The van der Waals surface area contributed by atoms with Gasteiger partial charge in [-0.1, -0.05) is 29.8 Å². The summed E-state index contributed by atoms with van der Waals surface area (Å²) in [5.41, 5.74) is 0.607. The van der Waals surface area contributed by atoms with E-state index in [0.29, 0.717) is 29.7 Å². The summed E-state index contributed by atoms with van der Waals surface area (Å²) >= 11 is 6.11. The van der Waals surface area contributed by atoms with Gasteiger partial charge in [-0.05, 0) is 80.3 Å². The normalized spacial score (nSPS) is 20.0. The van der Waals surface area contributed by atoms with E-state index in [4.69, 9.17) is 11.6 Å². The molecule has 0 radical (unpaired) electrons. The second-order valence-electron chi connectivity index (χ2n) is 10.2. The lowest BCUT2D eigenvalue weighted by atomic mass is 10.0. The van der Waals surface area contributed by atoms with Gasteiger partial charge in [0.05, 0.1) is 17.1 Å². The van der Waals surface area contributed by atoms with Crippen molar-refractivity contribution in [1.29, 1.82) is 0 Å². The Morgan fingerprint density at radius 1 is 1.00 bits per heavy atom. The third-order valence-corrected chi connectivity index (χ3v) is 9.74. The summed E-state index contributed by atoms with van der Waals surface area (Å²) in [7, 11) is -3.99. The number of fused-ring (bicyclic) bond motifs is 1. The van der Waals surface area contributed by atoms with Crippen LogP contribution in [0.15, 0.2) is 65.7 Å². The van der Waals surface area contributed by atoms with Gasteiger partial charge in [0.15, 0.2) is 0 Å². The number of carbonyl (C=O) groups excluding carboxylic acids is 1. The van der Waals surface area contributed by atoms with Crippen LogP contribution in [0.3, 0.4) is 0 Å². The molecular formula is C28H33ClN4O3S. The molecule has 0 unspecified atom stereocenters. The van der Waals surface area contributed by atoms with Crippen LogP contribution in [0.2, 0.25) is 5.02 Å². The number of hydrogen-bond acceptors (Lipinski definition) is 5. The van der Waals surface area contributed by atoms with E-state index in [1.807, 2.05) is 23.1 Å². The second kappa shape index (κ2) is 10.7. The topological polar surface area (TPSA) is 73.8 Å². The van der Waals surface area contributed by atoms with E-state index in [2.05, 4.69) is 23.7 Å². The Kier molecular flexibility index (Phi) is 7.54. The Morgan fingerprint density at radius 3 is 2.43 bits per heavy atom. The first kappa shape index (κ1) is 26.1. The highest BCUT2D eigenvalue weighted by Gasteiger charge is 2.44. The van der Waals surface area contributed by atoms with Crippen LogP contribution in [0.5, 0.6) is 0 Å². The van der Waals surface area contributed by atoms with Crippen LogP contribution >= 0.6 is 11.6 Å². The van der Waals surface area contributed by atoms with E-state index in [9.17, 15) is 13.2 Å². The maximum absolute atomic E-state index is 14.1. The van der Waals surface area contributed by atoms with Crippen molar-refractivity contribution in [3.8, 4) is 0 Å². The minimum Gasteiger partial charge on any atom is -0.338 e. The third kappa shape index (κ3) is 5.39. The van der Waals surface area contributed by atoms with Gasteiger partial charge in [0, 0.05) is 42.9 Å². The van der Waals surface area contributed by atoms with Crippen LogP contribution < -0.4 is 0 Å². The van der Waals surface area contributed by atoms with Crippen molar-refractivity contribution in [2.75, 3.05) is 19.6 Å². The Balaban J connectivity index is 1.44. The number of halogens is 1. The molecule has 2 saturated heterocycles. The predicted molar refractivity (Wildman–Crippen MR) is 146 cm³/mol. The second-order valence-corrected chi connectivity index (χ2v) is 12.5. The molecule has 7 nitrogen and oxygen atoms in total. The Hall–Kier alpha value is -2.52. The lowest BCUT2D eigenvalue weighted by Crippen LogP contribution is -2.50. The van der Waals surface area contributed by atoms with Crippen molar-refractivity contribution in [3.05, 3.63) is 71.5 Å². The molecule has 0 aliphatic carbocycles. The summed E-state index contributed by atoms with van der Waals surface area (Å²) in [4.78, 5) is 22.6. The van der Waals surface area contributed by atoms with Gasteiger partial charge in [0.25, 0.3) is 0 Å². The number of likely N-dealkylation sites (tertiary alicyclic amines) is 2. The summed E-state index contributed by atoms with van der Waals surface area (Å²) in [6.45, 7) is 6.90. The summed E-state index contributed by atoms with van der Waals surface area (Å²) < 4.78 is 29.5. The lowest BCUT2D eigenvalue weighted by Gasteiger charge is -2.38. The zero-order valence-electron chi connectivity index (χ0n) is 21.3. The fourth-order valence-electron chi connectivity index (χ4n) is 5.53. The van der Waals surface area contributed by atoms with E-state index in [0.717, 1.165) is 36.7 Å². The smallest absolute Gasteiger partial charge is 0.244 e. The van der Waals surface area contributed by atoms with Gasteiger partial charge in [-0.2, -0.15) is 4.31 Å². The van der Waals surface area contributed by atoms with Crippen molar-refractivity contribution >= 4 is 38.3 Å². The summed E-state index contributed by atoms with van der Waals surface area (Å²) in [5.74, 6) is -0.102. The highest BCUT2D eigenvalue weighted by atomic mass is 35.5. The highest BCUT2D eigenvalue weighted by Crippen LogP contribution is 2.31. The third-order valence-electron chi connectivity index (χ3n) is 7.65. The number of nitrogens with zero attached hydrogens (tertiary/aromatic N) is 4. The zero-order chi connectivity index (χ0) is 26.2. The Bertz CT molecular complexity index is 1370. The molecule has 9 heteroatoms. The quantitative estimate of drug-likeness (QED) is 0.439. The number of rotatable bonds is 7. The maximum Gasteiger partial charge on any atom is 0.244 e. The number of piperidine rings is 1. The lowest BCUT2D eigenvalue weighted by molar-refractivity contribution is -0.133. The molecule has 3 heterocycles. The minimum atomic E-state index is -3.99. The molecule has 0 bridgehead atoms. The van der Waals surface area contributed by atoms with Crippen LogP contribution in [-0.2, 0) is 21.4 Å². The molecule has 2 aliphatic rings. The average molecular weight is 541 g/mol. The number of sulfonamides is 1. The first-order valence-corrected chi connectivity index (χ1v) is 14.7. The molecule has 37 heavy (non-hydrogen) atoms. The number of carbonyl (C=O) groups is 1. The molecular weight excluding hydrogens is 508 g/mol. The molecule has 1 amide bonds. The summed E-state index contributed by atoms with van der Waals surface area (Å²) in [6.07, 6.45) is 3.94. The van der Waals surface area contributed by atoms with Crippen molar-refractivity contribution in [2.24, 2.45) is 0 Å². The standard InChI is InChI=1S/C28H33ClN4O3S/c1-20(2)31-14-10-25(11-15-31)32-16-12-27(28(32)34)33(19-24-5-3-4-13-30-24)37(35,36)26-9-7-21-17-23(29)8-6-22(21)18-26/h3-9,13,17-18,20,25,27H,10-12,14-16,19H2,1-2H3/t27-/m0/s1. The SMILES string of the molecule is CC(C)N1CCC(N2CC[C@H](N(Cc3ccccn3)S(=O)(=O)c3ccc4cc(Cl)ccc4c3)C2=O)CC1. The van der Waals surface area contributed by atoms with Crippen molar-refractivity contribution < 1.29 is 13.2 Å². The fourth-order valence-corrected chi connectivity index (χ4v) is 7.33. The molecule has 0 spiro atoms. The molecule has 0 N–H and O–H groups in total. The highest BCUT2D eigenvalue weighted by molar-refractivity contribution is 7.89. The van der Waals surface area contributed by atoms with Crippen LogP contribution in [0.4, 0.5) is 0 Å². The van der Waals surface area contributed by atoms with Crippen LogP contribution in [0.1, 0.15) is 38.8 Å². The number of hydrogen-bond donors (Lipinski definition) is 0. The minimum absolute atomic E-state index is 0.0396. The van der Waals surface area contributed by atoms with Gasteiger partial charge in [-0.25, -0.2) is 8.42 Å². The van der Waals surface area contributed by atoms with Crippen molar-refractivity contribution in [1.82, 2.24) is 19.1 Å². The molecule has 1 aromatic heterocycles. The van der Waals surface area contributed by atoms with Gasteiger partial charge >= 0.3 is 0 Å². The van der Waals surface area contributed by atoms with E-state index in [-0.39, 0.29) is 23.4 Å².